The summed E-state index contributed by atoms with van der Waals surface area (Å²) in [5, 5.41) is 7.50. The predicted octanol–water partition coefficient (Wildman–Crippen LogP) is -0.475. The summed E-state index contributed by atoms with van der Waals surface area (Å²) in [6, 6.07) is 0. The average Bonchev–Trinajstić information content (AvgIpc) is 2.99. The third-order valence-corrected chi connectivity index (χ3v) is 3.57. The van der Waals surface area contributed by atoms with Gasteiger partial charge in [0.1, 0.15) is 6.33 Å². The monoisotopic (exact) mass is 271 g/mol. The topological polar surface area (TPSA) is 112 Å². The molecule has 0 bridgehead atoms. The number of nitrogens with zero attached hydrogens (tertiary/aromatic N) is 5. The smallest absolute Gasteiger partial charge is 0.287 e. The highest BCUT2D eigenvalue weighted by atomic mass is 32.2. The van der Waals surface area contributed by atoms with Crippen LogP contribution in [0.1, 0.15) is 10.5 Å². The van der Waals surface area contributed by atoms with Crippen molar-refractivity contribution in [2.45, 2.75) is 10.9 Å². The summed E-state index contributed by atoms with van der Waals surface area (Å²) in [6.07, 6.45) is 3.06. The molecule has 90 valence electrons. The van der Waals surface area contributed by atoms with Crippen LogP contribution >= 0.6 is 23.3 Å². The first kappa shape index (κ1) is 12.0. The van der Waals surface area contributed by atoms with Gasteiger partial charge in [-0.2, -0.15) is 4.37 Å². The minimum atomic E-state index is -0.451. The van der Waals surface area contributed by atoms with Crippen LogP contribution in [0.4, 0.5) is 0 Å². The van der Waals surface area contributed by atoms with Gasteiger partial charge in [0.2, 0.25) is 0 Å². The van der Waals surface area contributed by atoms with Crippen LogP contribution in [0.3, 0.4) is 0 Å². The maximum atomic E-state index is 11.1. The minimum absolute atomic E-state index is 0.202. The Labute approximate surface area is 105 Å². The van der Waals surface area contributed by atoms with Crippen LogP contribution in [0.5, 0.6) is 0 Å². The summed E-state index contributed by atoms with van der Waals surface area (Å²) < 4.78 is 6.38. The summed E-state index contributed by atoms with van der Waals surface area (Å²) in [6.45, 7) is 0.634. The van der Waals surface area contributed by atoms with Crippen LogP contribution in [-0.4, -0.2) is 36.0 Å². The zero-order valence-electron chi connectivity index (χ0n) is 8.61. The summed E-state index contributed by atoms with van der Waals surface area (Å²) in [7, 11) is 0. The molecule has 0 unspecified atom stereocenters. The van der Waals surface area contributed by atoms with E-state index in [0.717, 1.165) is 10.1 Å². The van der Waals surface area contributed by atoms with E-state index in [9.17, 15) is 4.79 Å². The Hall–Kier alpha value is -1.52. The summed E-state index contributed by atoms with van der Waals surface area (Å²) >= 11 is 2.92. The van der Waals surface area contributed by atoms with Crippen molar-refractivity contribution >= 4 is 29.2 Å². The Morgan fingerprint density at radius 3 is 3.24 bits per heavy atom. The van der Waals surface area contributed by atoms with Gasteiger partial charge in [-0.25, -0.2) is 10.8 Å². The van der Waals surface area contributed by atoms with Gasteiger partial charge >= 0.3 is 0 Å². The number of hydrazine groups is 1. The summed E-state index contributed by atoms with van der Waals surface area (Å²) in [4.78, 5) is 15.2. The van der Waals surface area contributed by atoms with E-state index in [2.05, 4.69) is 19.7 Å². The Morgan fingerprint density at radius 1 is 1.65 bits per heavy atom. The number of amides is 1. The molecule has 2 aromatic heterocycles. The number of nitrogens with one attached hydrogen (secondary N) is 1. The SMILES string of the molecule is NNC(=O)c1cn(CCSc2ncns2)nn1. The van der Waals surface area contributed by atoms with Gasteiger partial charge in [-0.1, -0.05) is 17.0 Å². The lowest BCUT2D eigenvalue weighted by Crippen LogP contribution is -2.30. The van der Waals surface area contributed by atoms with Crippen molar-refractivity contribution in [3.05, 3.63) is 18.2 Å². The highest BCUT2D eigenvalue weighted by Crippen LogP contribution is 2.17. The van der Waals surface area contributed by atoms with E-state index >= 15 is 0 Å². The molecule has 0 atom stereocenters. The molecule has 3 N–H and O–H groups in total. The Bertz CT molecular complexity index is 482. The number of thioether (sulfide) groups is 1. The summed E-state index contributed by atoms with van der Waals surface area (Å²) in [5.74, 6) is 5.31. The van der Waals surface area contributed by atoms with E-state index in [-0.39, 0.29) is 5.69 Å². The number of carbonyl (C=O) groups excluding carboxylic acids is 1. The van der Waals surface area contributed by atoms with E-state index in [1.165, 1.54) is 17.9 Å². The van der Waals surface area contributed by atoms with E-state index in [1.54, 1.807) is 22.6 Å². The predicted molar refractivity (Wildman–Crippen MR) is 62.3 cm³/mol. The average molecular weight is 271 g/mol. The number of hydrogen-bond acceptors (Lipinski definition) is 8. The standard InChI is InChI=1S/C7H9N7OS2/c8-11-6(15)5-3-14(13-12-5)1-2-16-7-9-4-10-17-7/h3-4H,1-2,8H2,(H,11,15). The lowest BCUT2D eigenvalue weighted by atomic mass is 10.5. The molecule has 0 fully saturated rings. The number of aryl methyl sites for hydroxylation is 1. The zero-order chi connectivity index (χ0) is 12.1. The Kier molecular flexibility index (Phi) is 4.01. The van der Waals surface area contributed by atoms with Gasteiger partial charge < -0.3 is 0 Å². The van der Waals surface area contributed by atoms with Crippen molar-refractivity contribution < 1.29 is 4.79 Å². The van der Waals surface area contributed by atoms with Crippen molar-refractivity contribution in [2.24, 2.45) is 5.84 Å². The fourth-order valence-corrected chi connectivity index (χ4v) is 2.48. The van der Waals surface area contributed by atoms with E-state index in [4.69, 9.17) is 5.84 Å². The molecule has 1 amide bonds. The quantitative estimate of drug-likeness (QED) is 0.327. The molecule has 0 aliphatic heterocycles. The third kappa shape index (κ3) is 3.22. The van der Waals surface area contributed by atoms with E-state index in [1.807, 2.05) is 5.43 Å². The lowest BCUT2D eigenvalue weighted by molar-refractivity contribution is 0.0948. The van der Waals surface area contributed by atoms with Crippen molar-refractivity contribution in [1.29, 1.82) is 0 Å². The van der Waals surface area contributed by atoms with Gasteiger partial charge in [0.25, 0.3) is 5.91 Å². The number of hydrogen-bond donors (Lipinski definition) is 2. The molecule has 17 heavy (non-hydrogen) atoms. The Morgan fingerprint density at radius 2 is 2.53 bits per heavy atom. The molecule has 2 rings (SSSR count). The van der Waals surface area contributed by atoms with Crippen LogP contribution in [0.25, 0.3) is 0 Å². The highest BCUT2D eigenvalue weighted by molar-refractivity contribution is 8.00. The van der Waals surface area contributed by atoms with Crippen molar-refractivity contribution in [3.63, 3.8) is 0 Å². The second-order valence-electron chi connectivity index (χ2n) is 2.90. The van der Waals surface area contributed by atoms with Crippen molar-refractivity contribution in [2.75, 3.05) is 5.75 Å². The molecular formula is C7H9N7OS2. The number of aromatic nitrogens is 5. The van der Waals surface area contributed by atoms with Crippen LogP contribution in [0.15, 0.2) is 16.9 Å². The first-order valence-electron chi connectivity index (χ1n) is 4.60. The highest BCUT2D eigenvalue weighted by Gasteiger charge is 2.08. The second-order valence-corrected chi connectivity index (χ2v) is 5.02. The summed E-state index contributed by atoms with van der Waals surface area (Å²) in [5.41, 5.74) is 2.20. The largest absolute Gasteiger partial charge is 0.289 e. The number of carbonyl (C=O) groups is 1. The number of rotatable bonds is 5. The molecular weight excluding hydrogens is 262 g/mol. The van der Waals surface area contributed by atoms with E-state index < -0.39 is 5.91 Å². The molecule has 0 aromatic carbocycles. The molecule has 10 heteroatoms. The molecule has 0 aliphatic rings. The van der Waals surface area contributed by atoms with Crippen LogP contribution in [0, 0.1) is 0 Å². The van der Waals surface area contributed by atoms with Gasteiger partial charge in [-0.15, -0.1) is 5.10 Å². The van der Waals surface area contributed by atoms with Gasteiger partial charge in [-0.3, -0.25) is 14.9 Å². The van der Waals surface area contributed by atoms with Crippen molar-refractivity contribution in [1.82, 2.24) is 29.8 Å². The normalized spacial score (nSPS) is 10.4. The van der Waals surface area contributed by atoms with Crippen molar-refractivity contribution in [3.8, 4) is 0 Å². The first-order valence-corrected chi connectivity index (χ1v) is 6.36. The molecule has 0 spiro atoms. The number of nitrogens with two attached hydrogens (primary N) is 1. The fourth-order valence-electron chi connectivity index (χ4n) is 1.04. The van der Waals surface area contributed by atoms with Crippen LogP contribution < -0.4 is 11.3 Å². The molecule has 0 saturated heterocycles. The molecule has 0 radical (unpaired) electrons. The van der Waals surface area contributed by atoms with E-state index in [0.29, 0.717) is 6.54 Å². The molecule has 8 nitrogen and oxygen atoms in total. The van der Waals surface area contributed by atoms with Gasteiger partial charge in [0.05, 0.1) is 12.7 Å². The zero-order valence-corrected chi connectivity index (χ0v) is 10.2. The minimum Gasteiger partial charge on any atom is -0.289 e. The van der Waals surface area contributed by atoms with Gasteiger partial charge in [-0.05, 0) is 11.5 Å². The van der Waals surface area contributed by atoms with Crippen LogP contribution in [-0.2, 0) is 6.54 Å². The molecule has 2 aromatic rings. The van der Waals surface area contributed by atoms with Gasteiger partial charge in [0, 0.05) is 5.75 Å². The van der Waals surface area contributed by atoms with Crippen LogP contribution in [0.2, 0.25) is 0 Å². The molecule has 0 saturated carbocycles. The first-order chi connectivity index (χ1) is 8.29. The molecule has 2 heterocycles. The fraction of sp³-hybridized carbons (Fsp3) is 0.286. The third-order valence-electron chi connectivity index (χ3n) is 1.79. The Balaban J connectivity index is 1.83. The van der Waals surface area contributed by atoms with Gasteiger partial charge in [0.15, 0.2) is 10.0 Å². The second kappa shape index (κ2) is 5.70. The maximum absolute atomic E-state index is 11.1. The molecule has 0 aliphatic carbocycles. The number of nitrogen functional groups attached to an aromatic ring is 1. The maximum Gasteiger partial charge on any atom is 0.287 e. The lowest BCUT2D eigenvalue weighted by Gasteiger charge is -1.97.